The second-order valence-electron chi connectivity index (χ2n) is 3.86. The van der Waals surface area contributed by atoms with Crippen molar-refractivity contribution in [3.8, 4) is 0 Å². The maximum atomic E-state index is 12.9. The van der Waals surface area contributed by atoms with Gasteiger partial charge in [0.2, 0.25) is 0 Å². The summed E-state index contributed by atoms with van der Waals surface area (Å²) >= 11 is 3.04. The van der Waals surface area contributed by atoms with Crippen molar-refractivity contribution in [2.75, 3.05) is 11.4 Å². The van der Waals surface area contributed by atoms with Crippen LogP contribution in [0.1, 0.15) is 18.4 Å². The Morgan fingerprint density at radius 2 is 2.00 bits per heavy atom. The molecule has 1 heterocycles. The Bertz CT molecular complexity index is 457. The third-order valence-corrected chi connectivity index (χ3v) is 3.17. The van der Waals surface area contributed by atoms with Gasteiger partial charge in [-0.3, -0.25) is 5.41 Å². The zero-order valence-corrected chi connectivity index (χ0v) is 10.4. The molecule has 0 amide bonds. The zero-order valence-electron chi connectivity index (χ0n) is 8.81. The van der Waals surface area contributed by atoms with Gasteiger partial charge in [0.1, 0.15) is 5.84 Å². The summed E-state index contributed by atoms with van der Waals surface area (Å²) in [6.45, 7) is 0.476. The second kappa shape index (κ2) is 4.33. The number of rotatable bonds is 1. The summed E-state index contributed by atoms with van der Waals surface area (Å²) < 4.78 is 39.1. The van der Waals surface area contributed by atoms with Crippen molar-refractivity contribution in [1.82, 2.24) is 0 Å². The maximum Gasteiger partial charge on any atom is 0.418 e. The van der Waals surface area contributed by atoms with Gasteiger partial charge in [0, 0.05) is 17.4 Å². The first-order chi connectivity index (χ1) is 7.89. The van der Waals surface area contributed by atoms with E-state index < -0.39 is 11.7 Å². The number of hydrogen-bond acceptors (Lipinski definition) is 1. The Balaban J connectivity index is 2.50. The molecule has 0 bridgehead atoms. The van der Waals surface area contributed by atoms with E-state index in [1.165, 1.54) is 11.0 Å². The molecule has 0 radical (unpaired) electrons. The van der Waals surface area contributed by atoms with Crippen LogP contribution in [-0.4, -0.2) is 12.4 Å². The molecule has 1 N–H and O–H groups in total. The molecular weight excluding hydrogens is 297 g/mol. The molecule has 2 nitrogen and oxygen atoms in total. The van der Waals surface area contributed by atoms with Crippen LogP contribution in [-0.2, 0) is 6.18 Å². The van der Waals surface area contributed by atoms with E-state index in [1.54, 1.807) is 6.07 Å². The third kappa shape index (κ3) is 2.46. The first-order valence-electron chi connectivity index (χ1n) is 5.11. The van der Waals surface area contributed by atoms with Gasteiger partial charge in [-0.15, -0.1) is 0 Å². The van der Waals surface area contributed by atoms with E-state index in [0.29, 0.717) is 17.4 Å². The highest BCUT2D eigenvalue weighted by molar-refractivity contribution is 9.10. The molecule has 1 aromatic rings. The lowest BCUT2D eigenvalue weighted by molar-refractivity contribution is -0.137. The number of alkyl halides is 3. The van der Waals surface area contributed by atoms with E-state index >= 15 is 0 Å². The third-order valence-electron chi connectivity index (χ3n) is 2.68. The number of hydrogen-bond donors (Lipinski definition) is 1. The molecule has 0 aliphatic carbocycles. The molecule has 0 saturated carbocycles. The standard InChI is InChI=1S/C11H10BrF3N2/c12-7-3-4-9(8(6-7)11(13,14)15)17-5-1-2-10(17)16/h3-4,6,16H,1-2,5H2. The lowest BCUT2D eigenvalue weighted by Gasteiger charge is -2.22. The zero-order chi connectivity index (χ0) is 12.6. The van der Waals surface area contributed by atoms with Crippen LogP contribution in [0.5, 0.6) is 0 Å². The lowest BCUT2D eigenvalue weighted by atomic mass is 10.1. The highest BCUT2D eigenvalue weighted by atomic mass is 79.9. The predicted octanol–water partition coefficient (Wildman–Crippen LogP) is 4.05. The van der Waals surface area contributed by atoms with Gasteiger partial charge in [0.05, 0.1) is 11.3 Å². The predicted molar refractivity (Wildman–Crippen MR) is 63.5 cm³/mol. The summed E-state index contributed by atoms with van der Waals surface area (Å²) in [5.41, 5.74) is -0.623. The van der Waals surface area contributed by atoms with Crippen molar-refractivity contribution in [3.63, 3.8) is 0 Å². The first-order valence-corrected chi connectivity index (χ1v) is 5.90. The smallest absolute Gasteiger partial charge is 0.330 e. The van der Waals surface area contributed by atoms with E-state index in [2.05, 4.69) is 15.9 Å². The minimum absolute atomic E-state index is 0.0724. The summed E-state index contributed by atoms with van der Waals surface area (Å²) in [7, 11) is 0. The van der Waals surface area contributed by atoms with Gasteiger partial charge in [-0.25, -0.2) is 0 Å². The molecule has 2 rings (SSSR count). The van der Waals surface area contributed by atoms with Crippen molar-refractivity contribution in [1.29, 1.82) is 5.41 Å². The highest BCUT2D eigenvalue weighted by Gasteiger charge is 2.36. The molecule has 17 heavy (non-hydrogen) atoms. The largest absolute Gasteiger partial charge is 0.418 e. The molecule has 0 atom stereocenters. The molecule has 1 aromatic carbocycles. The Kier molecular flexibility index (Phi) is 3.16. The molecule has 0 spiro atoms. The number of nitrogens with one attached hydrogen (secondary N) is 1. The number of anilines is 1. The van der Waals surface area contributed by atoms with Crippen LogP contribution in [0.15, 0.2) is 22.7 Å². The Hall–Kier alpha value is -1.04. The fourth-order valence-electron chi connectivity index (χ4n) is 1.91. The molecule has 1 saturated heterocycles. The van der Waals surface area contributed by atoms with Crippen LogP contribution < -0.4 is 4.90 Å². The van der Waals surface area contributed by atoms with Crippen molar-refractivity contribution < 1.29 is 13.2 Å². The molecule has 92 valence electrons. The van der Waals surface area contributed by atoms with E-state index in [4.69, 9.17) is 5.41 Å². The van der Waals surface area contributed by atoms with Crippen molar-refractivity contribution in [3.05, 3.63) is 28.2 Å². The van der Waals surface area contributed by atoms with E-state index in [-0.39, 0.29) is 11.5 Å². The second-order valence-corrected chi connectivity index (χ2v) is 4.78. The van der Waals surface area contributed by atoms with E-state index in [1.807, 2.05) is 0 Å². The van der Waals surface area contributed by atoms with Crippen LogP contribution in [0, 0.1) is 5.41 Å². The van der Waals surface area contributed by atoms with Gasteiger partial charge in [-0.1, -0.05) is 15.9 Å². The Morgan fingerprint density at radius 1 is 1.29 bits per heavy atom. The van der Waals surface area contributed by atoms with Crippen LogP contribution >= 0.6 is 15.9 Å². The van der Waals surface area contributed by atoms with Crippen LogP contribution in [0.2, 0.25) is 0 Å². The Labute approximate surface area is 105 Å². The van der Waals surface area contributed by atoms with Crippen molar-refractivity contribution in [2.24, 2.45) is 0 Å². The van der Waals surface area contributed by atoms with Gasteiger partial charge in [0.15, 0.2) is 0 Å². The monoisotopic (exact) mass is 306 g/mol. The molecule has 1 aliphatic heterocycles. The fraction of sp³-hybridized carbons (Fsp3) is 0.364. The van der Waals surface area contributed by atoms with Crippen LogP contribution in [0.4, 0.5) is 18.9 Å². The van der Waals surface area contributed by atoms with Gasteiger partial charge in [-0.05, 0) is 24.6 Å². The quantitative estimate of drug-likeness (QED) is 0.833. The number of benzene rings is 1. The van der Waals surface area contributed by atoms with Gasteiger partial charge < -0.3 is 4.90 Å². The molecule has 0 unspecified atom stereocenters. The van der Waals surface area contributed by atoms with Gasteiger partial charge >= 0.3 is 6.18 Å². The van der Waals surface area contributed by atoms with Crippen LogP contribution in [0.3, 0.4) is 0 Å². The molecule has 1 aliphatic rings. The average molecular weight is 307 g/mol. The topological polar surface area (TPSA) is 27.1 Å². The van der Waals surface area contributed by atoms with E-state index in [9.17, 15) is 13.2 Å². The van der Waals surface area contributed by atoms with Crippen LogP contribution in [0.25, 0.3) is 0 Å². The average Bonchev–Trinajstić information content (AvgIpc) is 2.63. The molecule has 0 aromatic heterocycles. The summed E-state index contributed by atoms with van der Waals surface area (Å²) in [5.74, 6) is 0.248. The lowest BCUT2D eigenvalue weighted by Crippen LogP contribution is -2.26. The van der Waals surface area contributed by atoms with Crippen molar-refractivity contribution in [2.45, 2.75) is 19.0 Å². The van der Waals surface area contributed by atoms with E-state index in [0.717, 1.165) is 12.5 Å². The maximum absolute atomic E-state index is 12.9. The number of amidine groups is 1. The summed E-state index contributed by atoms with van der Waals surface area (Å²) in [6.07, 6.45) is -3.14. The SMILES string of the molecule is N=C1CCCN1c1ccc(Br)cc1C(F)(F)F. The molecule has 1 fully saturated rings. The fourth-order valence-corrected chi connectivity index (χ4v) is 2.27. The normalized spacial score (nSPS) is 16.7. The molecule has 6 heteroatoms. The Morgan fingerprint density at radius 3 is 2.53 bits per heavy atom. The highest BCUT2D eigenvalue weighted by Crippen LogP contribution is 2.39. The summed E-state index contributed by atoms with van der Waals surface area (Å²) in [5, 5.41) is 7.65. The van der Waals surface area contributed by atoms with Crippen molar-refractivity contribution >= 4 is 27.5 Å². The van der Waals surface area contributed by atoms with Gasteiger partial charge in [0.25, 0.3) is 0 Å². The van der Waals surface area contributed by atoms with Gasteiger partial charge in [-0.2, -0.15) is 13.2 Å². The minimum atomic E-state index is -4.40. The summed E-state index contributed by atoms with van der Waals surface area (Å²) in [6, 6.07) is 4.03. The molecular formula is C11H10BrF3N2. The number of nitrogens with zero attached hydrogens (tertiary/aromatic N) is 1. The number of halogens is 4. The summed E-state index contributed by atoms with van der Waals surface area (Å²) in [4.78, 5) is 1.43. The minimum Gasteiger partial charge on any atom is -0.330 e. The first kappa shape index (κ1) is 12.4.